The van der Waals surface area contributed by atoms with Gasteiger partial charge in [0.1, 0.15) is 5.82 Å². The zero-order valence-electron chi connectivity index (χ0n) is 17.8. The number of amides is 1. The van der Waals surface area contributed by atoms with Crippen molar-refractivity contribution >= 4 is 15.7 Å². The maximum absolute atomic E-state index is 13.7. The number of hydrogen-bond donors (Lipinski definition) is 0. The van der Waals surface area contributed by atoms with Gasteiger partial charge in [-0.05, 0) is 43.2 Å². The highest BCUT2D eigenvalue weighted by molar-refractivity contribution is 7.90. The minimum atomic E-state index is -3.27. The number of rotatable bonds is 7. The van der Waals surface area contributed by atoms with Crippen molar-refractivity contribution in [3.63, 3.8) is 0 Å². The molecule has 0 aliphatic heterocycles. The summed E-state index contributed by atoms with van der Waals surface area (Å²) in [6.07, 6.45) is 1.57. The Bertz CT molecular complexity index is 1190. The summed E-state index contributed by atoms with van der Waals surface area (Å²) in [5.74, 6) is 0.0944. The van der Waals surface area contributed by atoms with Crippen LogP contribution >= 0.6 is 0 Å². The van der Waals surface area contributed by atoms with Crippen LogP contribution in [0.2, 0.25) is 0 Å². The number of hydrogen-bond acceptors (Lipinski definition) is 6. The van der Waals surface area contributed by atoms with Gasteiger partial charge in [-0.15, -0.1) is 0 Å². The summed E-state index contributed by atoms with van der Waals surface area (Å²) in [7, 11) is -1.58. The Hall–Kier alpha value is -3.07. The van der Waals surface area contributed by atoms with Crippen LogP contribution in [-0.4, -0.2) is 42.7 Å². The zero-order chi connectivity index (χ0) is 22.8. The topological polar surface area (TPSA) is 93.4 Å². The summed E-state index contributed by atoms with van der Waals surface area (Å²) in [6.45, 7) is 3.54. The van der Waals surface area contributed by atoms with E-state index in [9.17, 15) is 17.6 Å². The second kappa shape index (κ2) is 8.97. The fourth-order valence-corrected chi connectivity index (χ4v) is 3.66. The van der Waals surface area contributed by atoms with E-state index in [0.29, 0.717) is 17.0 Å². The van der Waals surface area contributed by atoms with Crippen molar-refractivity contribution in [2.24, 2.45) is 0 Å². The fraction of sp³-hybridized carbons (Fsp3) is 0.318. The quantitative estimate of drug-likeness (QED) is 0.550. The first kappa shape index (κ1) is 22.6. The fourth-order valence-electron chi connectivity index (χ4n) is 3.03. The monoisotopic (exact) mass is 445 g/mol. The normalized spacial score (nSPS) is 12.5. The molecule has 164 valence electrons. The Morgan fingerprint density at radius 3 is 2.48 bits per heavy atom. The lowest BCUT2D eigenvalue weighted by Gasteiger charge is -2.25. The molecular formula is C22H24FN3O4S. The van der Waals surface area contributed by atoms with Crippen molar-refractivity contribution < 1.29 is 22.1 Å². The third-order valence-electron chi connectivity index (χ3n) is 5.22. The Kier molecular flexibility index (Phi) is 6.54. The molecule has 2 aromatic carbocycles. The van der Waals surface area contributed by atoms with E-state index in [0.717, 1.165) is 11.8 Å². The van der Waals surface area contributed by atoms with E-state index in [1.807, 2.05) is 6.92 Å². The van der Waals surface area contributed by atoms with Gasteiger partial charge < -0.3 is 9.42 Å². The van der Waals surface area contributed by atoms with Crippen molar-refractivity contribution in [3.8, 4) is 11.4 Å². The van der Waals surface area contributed by atoms with E-state index in [1.165, 1.54) is 18.2 Å². The minimum absolute atomic E-state index is 0.124. The summed E-state index contributed by atoms with van der Waals surface area (Å²) < 4.78 is 42.1. The molecule has 1 atom stereocenters. The number of carbonyl (C=O) groups is 1. The van der Waals surface area contributed by atoms with E-state index in [2.05, 4.69) is 10.1 Å². The molecule has 0 spiro atoms. The molecule has 0 radical (unpaired) electrons. The molecule has 0 fully saturated rings. The Labute approximate surface area is 180 Å². The van der Waals surface area contributed by atoms with Gasteiger partial charge in [0.25, 0.3) is 0 Å². The highest BCUT2D eigenvalue weighted by atomic mass is 32.2. The van der Waals surface area contributed by atoms with E-state index in [4.69, 9.17) is 4.52 Å². The number of benzene rings is 2. The molecule has 1 amide bonds. The van der Waals surface area contributed by atoms with Crippen molar-refractivity contribution in [1.82, 2.24) is 15.0 Å². The van der Waals surface area contributed by atoms with Crippen LogP contribution in [0.15, 0.2) is 51.9 Å². The summed E-state index contributed by atoms with van der Waals surface area (Å²) in [5.41, 5.74) is 1.86. The predicted molar refractivity (Wildman–Crippen MR) is 113 cm³/mol. The van der Waals surface area contributed by atoms with Crippen molar-refractivity contribution in [2.75, 3.05) is 13.3 Å². The average Bonchev–Trinajstić information content (AvgIpc) is 3.21. The highest BCUT2D eigenvalue weighted by Crippen LogP contribution is 2.23. The van der Waals surface area contributed by atoms with E-state index < -0.39 is 9.84 Å². The van der Waals surface area contributed by atoms with Gasteiger partial charge in [0.15, 0.2) is 9.84 Å². The van der Waals surface area contributed by atoms with Gasteiger partial charge in [0, 0.05) is 31.7 Å². The van der Waals surface area contributed by atoms with Crippen LogP contribution in [0, 0.1) is 12.7 Å². The maximum Gasteiger partial charge on any atom is 0.227 e. The highest BCUT2D eigenvalue weighted by Gasteiger charge is 2.19. The standard InChI is InChI=1S/C22H24FN3O4S/c1-14-5-6-17(13-19(14)23)22-24-20(30-25-22)11-12-21(27)26(3)15(2)16-7-9-18(10-8-16)31(4,28)29/h5-10,13,15H,11-12H2,1-4H3. The van der Waals surface area contributed by atoms with Gasteiger partial charge in [-0.1, -0.05) is 29.4 Å². The molecule has 3 aromatic rings. The van der Waals surface area contributed by atoms with Crippen molar-refractivity contribution in [1.29, 1.82) is 0 Å². The van der Waals surface area contributed by atoms with Crippen LogP contribution in [0.5, 0.6) is 0 Å². The first-order valence-electron chi connectivity index (χ1n) is 9.71. The van der Waals surface area contributed by atoms with Gasteiger partial charge >= 0.3 is 0 Å². The largest absolute Gasteiger partial charge is 0.339 e. The second-order valence-electron chi connectivity index (χ2n) is 7.50. The van der Waals surface area contributed by atoms with Gasteiger partial charge in [-0.3, -0.25) is 4.79 Å². The number of aryl methyl sites for hydroxylation is 2. The molecule has 1 heterocycles. The van der Waals surface area contributed by atoms with Gasteiger partial charge in [-0.2, -0.15) is 4.98 Å². The average molecular weight is 446 g/mol. The maximum atomic E-state index is 13.7. The smallest absolute Gasteiger partial charge is 0.227 e. The Morgan fingerprint density at radius 2 is 1.87 bits per heavy atom. The van der Waals surface area contributed by atoms with Crippen LogP contribution in [0.3, 0.4) is 0 Å². The number of aromatic nitrogens is 2. The van der Waals surface area contributed by atoms with Crippen molar-refractivity contribution in [3.05, 3.63) is 65.3 Å². The van der Waals surface area contributed by atoms with Crippen molar-refractivity contribution in [2.45, 2.75) is 37.6 Å². The molecule has 31 heavy (non-hydrogen) atoms. The van der Waals surface area contributed by atoms with Gasteiger partial charge in [0.2, 0.25) is 17.6 Å². The number of halogens is 1. The summed E-state index contributed by atoms with van der Waals surface area (Å²) in [6, 6.07) is 10.9. The lowest BCUT2D eigenvalue weighted by Crippen LogP contribution is -2.29. The molecule has 9 heteroatoms. The number of carbonyl (C=O) groups excluding carboxylic acids is 1. The Morgan fingerprint density at radius 1 is 1.19 bits per heavy atom. The molecule has 0 aliphatic rings. The first-order chi connectivity index (χ1) is 14.6. The SMILES string of the molecule is Cc1ccc(-c2noc(CCC(=O)N(C)C(C)c3ccc(S(C)(=O)=O)cc3)n2)cc1F. The van der Waals surface area contributed by atoms with Crippen LogP contribution in [0.1, 0.15) is 36.4 Å². The number of nitrogens with zero attached hydrogens (tertiary/aromatic N) is 3. The van der Waals surface area contributed by atoms with E-state index in [-0.39, 0.29) is 41.3 Å². The molecular weight excluding hydrogens is 421 g/mol. The van der Waals surface area contributed by atoms with Crippen LogP contribution in [0.4, 0.5) is 4.39 Å². The molecule has 3 rings (SSSR count). The third kappa shape index (κ3) is 5.35. The molecule has 1 unspecified atom stereocenters. The minimum Gasteiger partial charge on any atom is -0.339 e. The van der Waals surface area contributed by atoms with Gasteiger partial charge in [-0.25, -0.2) is 12.8 Å². The molecule has 0 saturated heterocycles. The molecule has 1 aromatic heterocycles. The zero-order valence-corrected chi connectivity index (χ0v) is 18.6. The Balaban J connectivity index is 1.61. The second-order valence-corrected chi connectivity index (χ2v) is 9.51. The lowest BCUT2D eigenvalue weighted by molar-refractivity contribution is -0.131. The van der Waals surface area contributed by atoms with Crippen LogP contribution in [0.25, 0.3) is 11.4 Å². The third-order valence-corrected chi connectivity index (χ3v) is 6.34. The summed E-state index contributed by atoms with van der Waals surface area (Å²) in [4.78, 5) is 18.7. The van der Waals surface area contributed by atoms with E-state index in [1.54, 1.807) is 43.1 Å². The molecule has 0 N–H and O–H groups in total. The molecule has 0 saturated carbocycles. The summed E-state index contributed by atoms with van der Waals surface area (Å²) >= 11 is 0. The number of sulfone groups is 1. The summed E-state index contributed by atoms with van der Waals surface area (Å²) in [5, 5.41) is 3.86. The predicted octanol–water partition coefficient (Wildman–Crippen LogP) is 3.74. The van der Waals surface area contributed by atoms with Gasteiger partial charge in [0.05, 0.1) is 10.9 Å². The van der Waals surface area contributed by atoms with E-state index >= 15 is 0 Å². The molecule has 0 bridgehead atoms. The van der Waals surface area contributed by atoms with Crippen LogP contribution < -0.4 is 0 Å². The molecule has 0 aliphatic carbocycles. The lowest BCUT2D eigenvalue weighted by atomic mass is 10.1. The van der Waals surface area contributed by atoms with Crippen LogP contribution in [-0.2, 0) is 21.1 Å². The first-order valence-corrected chi connectivity index (χ1v) is 11.6. The molecule has 7 nitrogen and oxygen atoms in total.